The lowest BCUT2D eigenvalue weighted by atomic mass is 9.36. The minimum atomic E-state index is 0.161. The van der Waals surface area contributed by atoms with Gasteiger partial charge < -0.3 is 0 Å². The molecular formula is C32H50S. The van der Waals surface area contributed by atoms with Crippen molar-refractivity contribution in [1.29, 1.82) is 0 Å². The van der Waals surface area contributed by atoms with E-state index in [1.807, 2.05) is 0 Å². The Hall–Kier alpha value is 0.0900. The summed E-state index contributed by atoms with van der Waals surface area (Å²) in [5, 5.41) is 0. The predicted molar refractivity (Wildman–Crippen MR) is 142 cm³/mol. The normalized spacial score (nSPS) is 61.3. The van der Waals surface area contributed by atoms with Gasteiger partial charge in [-0.3, -0.25) is 0 Å². The first kappa shape index (κ1) is 22.3. The molecule has 12 atom stereocenters. The summed E-state index contributed by atoms with van der Waals surface area (Å²) < 4.78 is 0.161. The van der Waals surface area contributed by atoms with E-state index in [4.69, 9.17) is 19.2 Å². The number of thiol groups is 1. The Kier molecular flexibility index (Phi) is 4.39. The van der Waals surface area contributed by atoms with Crippen LogP contribution in [-0.4, -0.2) is 4.75 Å². The second-order valence-corrected chi connectivity index (χ2v) is 16.0. The maximum Gasteiger partial charge on any atom is 0.0374 e. The summed E-state index contributed by atoms with van der Waals surface area (Å²) in [5.74, 6) is 7.29. The van der Waals surface area contributed by atoms with Crippen LogP contribution in [0.5, 0.6) is 0 Å². The lowest BCUT2D eigenvalue weighted by Gasteiger charge is -2.69. The highest BCUT2D eigenvalue weighted by Crippen LogP contribution is 2.85. The van der Waals surface area contributed by atoms with Crippen molar-refractivity contribution in [2.45, 2.75) is 116 Å². The van der Waals surface area contributed by atoms with Crippen LogP contribution in [0.3, 0.4) is 0 Å². The molecule has 0 amide bonds. The summed E-state index contributed by atoms with van der Waals surface area (Å²) in [6, 6.07) is 0. The van der Waals surface area contributed by atoms with Gasteiger partial charge in [0, 0.05) is 4.75 Å². The Morgan fingerprint density at radius 2 is 1.76 bits per heavy atom. The van der Waals surface area contributed by atoms with Gasteiger partial charge in [-0.15, -0.1) is 0 Å². The summed E-state index contributed by atoms with van der Waals surface area (Å²) in [5.41, 5.74) is 4.37. The van der Waals surface area contributed by atoms with Gasteiger partial charge in [-0.05, 0) is 146 Å². The third kappa shape index (κ3) is 2.27. The molecule has 0 heterocycles. The summed E-state index contributed by atoms with van der Waals surface area (Å²) in [6.07, 6.45) is 17.8. The Labute approximate surface area is 209 Å². The van der Waals surface area contributed by atoms with E-state index in [1.54, 1.807) is 12.0 Å². The van der Waals surface area contributed by atoms with Crippen molar-refractivity contribution < 1.29 is 0 Å². The molecule has 9 aliphatic rings. The van der Waals surface area contributed by atoms with Crippen LogP contribution < -0.4 is 0 Å². The van der Waals surface area contributed by atoms with Crippen molar-refractivity contribution >= 4 is 12.6 Å². The second kappa shape index (κ2) is 6.50. The molecule has 9 rings (SSSR count). The monoisotopic (exact) mass is 466 g/mol. The fourth-order valence-corrected chi connectivity index (χ4v) is 13.6. The highest BCUT2D eigenvalue weighted by Gasteiger charge is 2.78. The minimum Gasteiger partial charge on any atom is -0.168 e. The van der Waals surface area contributed by atoms with Gasteiger partial charge in [-0.2, -0.15) is 12.6 Å². The molecule has 9 saturated carbocycles. The van der Waals surface area contributed by atoms with Crippen LogP contribution in [0.15, 0.2) is 12.2 Å². The smallest absolute Gasteiger partial charge is 0.0374 e. The van der Waals surface area contributed by atoms with Crippen molar-refractivity contribution in [2.24, 2.45) is 69.0 Å². The molecule has 33 heavy (non-hydrogen) atoms. The van der Waals surface area contributed by atoms with E-state index >= 15 is 0 Å². The van der Waals surface area contributed by atoms with Gasteiger partial charge in [-0.1, -0.05) is 46.8 Å². The van der Waals surface area contributed by atoms with E-state index < -0.39 is 0 Å². The van der Waals surface area contributed by atoms with Crippen LogP contribution in [0.1, 0.15) is 112 Å². The Morgan fingerprint density at radius 3 is 2.21 bits per heavy atom. The average Bonchev–Trinajstić information content (AvgIpc) is 3.49. The van der Waals surface area contributed by atoms with Crippen LogP contribution in [0, 0.1) is 69.0 Å². The molecule has 4 bridgehead atoms. The molecule has 1 heteroatoms. The van der Waals surface area contributed by atoms with E-state index in [0.717, 1.165) is 52.8 Å². The van der Waals surface area contributed by atoms with Crippen LogP contribution in [-0.2, 0) is 0 Å². The molecule has 0 aromatic carbocycles. The van der Waals surface area contributed by atoms with Crippen LogP contribution in [0.4, 0.5) is 0 Å². The fraction of sp³-hybridized carbons (Fsp3) is 0.938. The molecule has 9 aliphatic carbocycles. The zero-order valence-corrected chi connectivity index (χ0v) is 23.2. The fourth-order valence-electron chi connectivity index (χ4n) is 12.9. The molecule has 0 radical (unpaired) electrons. The van der Waals surface area contributed by atoms with Gasteiger partial charge in [0.25, 0.3) is 0 Å². The largest absolute Gasteiger partial charge is 0.168 e. The maximum absolute atomic E-state index is 5.42. The molecule has 0 aromatic heterocycles. The van der Waals surface area contributed by atoms with Gasteiger partial charge >= 0.3 is 0 Å². The first-order valence-electron chi connectivity index (χ1n) is 15.0. The molecular weight excluding hydrogens is 416 g/mol. The van der Waals surface area contributed by atoms with E-state index in [0.29, 0.717) is 16.2 Å². The molecule has 1 spiro atoms. The van der Waals surface area contributed by atoms with Gasteiger partial charge in [-0.25, -0.2) is 0 Å². The van der Waals surface area contributed by atoms with Crippen molar-refractivity contribution in [3.63, 3.8) is 0 Å². The molecule has 12 unspecified atom stereocenters. The predicted octanol–water partition coefficient (Wildman–Crippen LogP) is 8.96. The van der Waals surface area contributed by atoms with E-state index in [9.17, 15) is 0 Å². The molecule has 184 valence electrons. The highest BCUT2D eigenvalue weighted by atomic mass is 32.1. The Balaban J connectivity index is 1.11. The number of rotatable bonds is 7. The summed E-state index contributed by atoms with van der Waals surface area (Å²) >= 11 is 5.42. The quantitative estimate of drug-likeness (QED) is 0.281. The van der Waals surface area contributed by atoms with Crippen LogP contribution in [0.25, 0.3) is 0 Å². The molecule has 0 aliphatic heterocycles. The average molecular weight is 467 g/mol. The minimum absolute atomic E-state index is 0.161. The zero-order valence-electron chi connectivity index (χ0n) is 22.3. The van der Waals surface area contributed by atoms with Gasteiger partial charge in [0.15, 0.2) is 0 Å². The Bertz CT molecular complexity index is 875. The third-order valence-corrected chi connectivity index (χ3v) is 16.3. The first-order valence-corrected chi connectivity index (χ1v) is 15.5. The Morgan fingerprint density at radius 1 is 1.00 bits per heavy atom. The topological polar surface area (TPSA) is 0 Å². The number of hydrogen-bond donors (Lipinski definition) is 1. The number of hydrogen-bond acceptors (Lipinski definition) is 1. The second-order valence-electron chi connectivity index (χ2n) is 15.2. The molecule has 0 nitrogen and oxygen atoms in total. The molecule has 0 aromatic rings. The molecule has 9 fully saturated rings. The van der Waals surface area contributed by atoms with Crippen molar-refractivity contribution in [3.8, 4) is 0 Å². The van der Waals surface area contributed by atoms with E-state index in [-0.39, 0.29) is 4.75 Å². The summed E-state index contributed by atoms with van der Waals surface area (Å²) in [7, 11) is 0. The SMILES string of the molecule is C=C1C2CC1(S)C(CCC1CC3(C)C(C)C14CCC34)C(C)C2CC1(C2(CC)CC2)CCC1C. The third-order valence-electron chi connectivity index (χ3n) is 15.5. The lowest BCUT2D eigenvalue weighted by molar-refractivity contribution is -0.206. The molecule has 0 N–H and O–H groups in total. The summed E-state index contributed by atoms with van der Waals surface area (Å²) in [6.45, 7) is 17.7. The van der Waals surface area contributed by atoms with Crippen LogP contribution >= 0.6 is 12.6 Å². The lowest BCUT2D eigenvalue weighted by Crippen LogP contribution is -2.63. The van der Waals surface area contributed by atoms with Crippen molar-refractivity contribution in [1.82, 2.24) is 0 Å². The van der Waals surface area contributed by atoms with E-state index in [1.165, 1.54) is 70.6 Å². The van der Waals surface area contributed by atoms with Crippen molar-refractivity contribution in [2.75, 3.05) is 0 Å². The number of fused-ring (bicyclic) bond motifs is 3. The van der Waals surface area contributed by atoms with Gasteiger partial charge in [0.05, 0.1) is 0 Å². The van der Waals surface area contributed by atoms with Gasteiger partial charge in [0.2, 0.25) is 0 Å². The zero-order chi connectivity index (χ0) is 23.2. The molecule has 0 saturated heterocycles. The van der Waals surface area contributed by atoms with Crippen molar-refractivity contribution in [3.05, 3.63) is 12.2 Å². The van der Waals surface area contributed by atoms with Crippen LogP contribution in [0.2, 0.25) is 0 Å². The maximum atomic E-state index is 5.42. The standard InChI is InChI=1S/C32H50S/c1-7-29(14-15-29)30(12-10-19(30)2)17-24-20(3)26(32(33)18-25(24)21(32)4)9-8-23-16-28(6)22(5)31(23)13-11-27(28)31/h19-20,22-27,33H,4,7-18H2,1-3,5-6H3. The highest BCUT2D eigenvalue weighted by molar-refractivity contribution is 7.82. The first-order chi connectivity index (χ1) is 15.6. The van der Waals surface area contributed by atoms with E-state index in [2.05, 4.69) is 34.6 Å². The summed E-state index contributed by atoms with van der Waals surface area (Å²) in [4.78, 5) is 0. The van der Waals surface area contributed by atoms with Gasteiger partial charge in [0.1, 0.15) is 0 Å².